The number of rotatable bonds is 5. The molecule has 17 heavy (non-hydrogen) atoms. The average molecular weight is 252 g/mol. The molecular formula is C12H28O5. The lowest BCUT2D eigenvalue weighted by atomic mass is 10.5. The van der Waals surface area contributed by atoms with Gasteiger partial charge in [-0.25, -0.2) is 0 Å². The first-order valence-electron chi connectivity index (χ1n) is 4.80. The fourth-order valence-corrected chi connectivity index (χ4v) is 0.515. The topological polar surface area (TPSA) is 61.8 Å². The van der Waals surface area contributed by atoms with Crippen LogP contribution < -0.4 is 0 Å². The number of ether oxygens (including phenoxy) is 3. The molecule has 0 aromatic carbocycles. The van der Waals surface area contributed by atoms with E-state index in [4.69, 9.17) is 0 Å². The van der Waals surface area contributed by atoms with Gasteiger partial charge in [-0.2, -0.15) is 0 Å². The number of hydrogen-bond acceptors (Lipinski definition) is 5. The van der Waals surface area contributed by atoms with Crippen LogP contribution in [0.2, 0.25) is 0 Å². The highest BCUT2D eigenvalue weighted by Crippen LogP contribution is 1.78. The fourth-order valence-electron chi connectivity index (χ4n) is 0.515. The molecule has 0 fully saturated rings. The molecule has 0 bridgehead atoms. The molecule has 0 unspecified atom stereocenters. The van der Waals surface area contributed by atoms with Gasteiger partial charge in [-0.3, -0.25) is 9.59 Å². The van der Waals surface area contributed by atoms with E-state index in [1.807, 2.05) is 6.92 Å². The van der Waals surface area contributed by atoms with Gasteiger partial charge in [0, 0.05) is 21.0 Å². The van der Waals surface area contributed by atoms with Crippen LogP contribution in [0.25, 0.3) is 0 Å². The Balaban J connectivity index is -0.0000000896. The van der Waals surface area contributed by atoms with E-state index in [2.05, 4.69) is 14.2 Å². The van der Waals surface area contributed by atoms with Crippen LogP contribution >= 0.6 is 0 Å². The van der Waals surface area contributed by atoms with E-state index in [1.54, 1.807) is 7.11 Å². The number of esters is 2. The molecule has 0 saturated carbocycles. The van der Waals surface area contributed by atoms with Gasteiger partial charge >= 0.3 is 11.9 Å². The molecule has 0 N–H and O–H groups in total. The Morgan fingerprint density at radius 2 is 1.29 bits per heavy atom. The molecule has 5 heteroatoms. The molecule has 0 atom stereocenters. The van der Waals surface area contributed by atoms with Crippen molar-refractivity contribution in [3.05, 3.63) is 0 Å². The molecule has 0 aromatic heterocycles. The normalized spacial score (nSPS) is 7.53. The highest BCUT2D eigenvalue weighted by Gasteiger charge is 1.88. The molecule has 0 saturated heterocycles. The van der Waals surface area contributed by atoms with Crippen molar-refractivity contribution in [2.75, 3.05) is 26.9 Å². The van der Waals surface area contributed by atoms with E-state index >= 15 is 0 Å². The van der Waals surface area contributed by atoms with Gasteiger partial charge in [-0.1, -0.05) is 21.8 Å². The van der Waals surface area contributed by atoms with Crippen LogP contribution in [0.15, 0.2) is 0 Å². The van der Waals surface area contributed by atoms with Gasteiger partial charge in [0.05, 0.1) is 13.2 Å². The summed E-state index contributed by atoms with van der Waals surface area (Å²) < 4.78 is 13.7. The van der Waals surface area contributed by atoms with Gasteiger partial charge in [-0.15, -0.1) is 0 Å². The number of carbonyl (C=O) groups excluding carboxylic acids is 2. The second-order valence-electron chi connectivity index (χ2n) is 2.67. The summed E-state index contributed by atoms with van der Waals surface area (Å²) in [5.74, 6) is -0.455. The number of carbonyl (C=O) groups is 2. The third kappa shape index (κ3) is 39.7. The summed E-state index contributed by atoms with van der Waals surface area (Å²) in [5, 5.41) is 0. The summed E-state index contributed by atoms with van der Waals surface area (Å²) in [7, 11) is 1.56. The lowest BCUT2D eigenvalue weighted by molar-refractivity contribution is -0.142. The highest BCUT2D eigenvalue weighted by atomic mass is 16.6. The van der Waals surface area contributed by atoms with E-state index in [0.717, 1.165) is 6.42 Å². The first-order valence-corrected chi connectivity index (χ1v) is 4.80. The van der Waals surface area contributed by atoms with Gasteiger partial charge in [0.1, 0.15) is 6.61 Å². The highest BCUT2D eigenvalue weighted by molar-refractivity contribution is 5.66. The maximum atomic E-state index is 10.0. The van der Waals surface area contributed by atoms with Gasteiger partial charge < -0.3 is 14.2 Å². The minimum Gasteiger partial charge on any atom is -0.466 e. The predicted molar refractivity (Wildman–Crippen MR) is 68.9 cm³/mol. The van der Waals surface area contributed by atoms with E-state index in [9.17, 15) is 9.59 Å². The van der Waals surface area contributed by atoms with Crippen molar-refractivity contribution in [1.82, 2.24) is 0 Å². The first-order chi connectivity index (χ1) is 7.04. The van der Waals surface area contributed by atoms with Crippen LogP contribution in [0.5, 0.6) is 0 Å². The van der Waals surface area contributed by atoms with Gasteiger partial charge in [0.25, 0.3) is 0 Å². The second-order valence-corrected chi connectivity index (χ2v) is 2.67. The Bertz CT molecular complexity index is 168. The van der Waals surface area contributed by atoms with Crippen LogP contribution in [0.1, 0.15) is 42.0 Å². The molecule has 0 aromatic rings. The van der Waals surface area contributed by atoms with Crippen molar-refractivity contribution >= 4 is 11.9 Å². The van der Waals surface area contributed by atoms with Crippen molar-refractivity contribution < 1.29 is 23.8 Å². The van der Waals surface area contributed by atoms with Crippen molar-refractivity contribution in [1.29, 1.82) is 0 Å². The monoisotopic (exact) mass is 252 g/mol. The summed E-state index contributed by atoms with van der Waals surface area (Å²) in [6.45, 7) is 6.12. The van der Waals surface area contributed by atoms with Gasteiger partial charge in [0.2, 0.25) is 0 Å². The second kappa shape index (κ2) is 20.3. The van der Waals surface area contributed by atoms with E-state index in [0.29, 0.717) is 19.8 Å². The molecule has 0 radical (unpaired) electrons. The molecule has 5 nitrogen and oxygen atoms in total. The maximum Gasteiger partial charge on any atom is 0.302 e. The van der Waals surface area contributed by atoms with Crippen LogP contribution in [0.3, 0.4) is 0 Å². The zero-order valence-electron chi connectivity index (χ0n) is 9.87. The zero-order valence-corrected chi connectivity index (χ0v) is 9.87. The quantitative estimate of drug-likeness (QED) is 0.555. The minimum absolute atomic E-state index is 0. The molecule has 0 spiro atoms. The Morgan fingerprint density at radius 3 is 1.53 bits per heavy atom. The summed E-state index contributed by atoms with van der Waals surface area (Å²) in [6.07, 6.45) is 0.902. The average Bonchev–Trinajstić information content (AvgIpc) is 2.15. The van der Waals surface area contributed by atoms with Crippen LogP contribution in [-0.4, -0.2) is 38.9 Å². The first kappa shape index (κ1) is 24.9. The van der Waals surface area contributed by atoms with Crippen LogP contribution in [0, 0.1) is 0 Å². The Hall–Kier alpha value is -1.10. The molecule has 0 heterocycles. The fraction of sp³-hybridized carbons (Fsp3) is 0.833. The molecule has 0 aliphatic heterocycles. The SMILES string of the molecule is C.C.CCCOC(C)=O.COCCOC(C)=O. The predicted octanol–water partition coefficient (Wildman–Crippen LogP) is 2.43. The van der Waals surface area contributed by atoms with Gasteiger partial charge in [0.15, 0.2) is 0 Å². The molecule has 0 amide bonds. The molecule has 0 aliphatic carbocycles. The van der Waals surface area contributed by atoms with E-state index in [-0.39, 0.29) is 26.8 Å². The van der Waals surface area contributed by atoms with Gasteiger partial charge in [-0.05, 0) is 6.42 Å². The van der Waals surface area contributed by atoms with E-state index in [1.165, 1.54) is 13.8 Å². The van der Waals surface area contributed by atoms with Crippen LogP contribution in [0.4, 0.5) is 0 Å². The Kier molecular flexibility index (Phi) is 29.8. The third-order valence-electron chi connectivity index (χ3n) is 1.10. The zero-order chi connectivity index (χ0) is 12.1. The Morgan fingerprint density at radius 1 is 0.882 bits per heavy atom. The summed E-state index contributed by atoms with van der Waals surface area (Å²) in [6, 6.07) is 0. The summed E-state index contributed by atoms with van der Waals surface area (Å²) >= 11 is 0. The van der Waals surface area contributed by atoms with Crippen LogP contribution in [-0.2, 0) is 23.8 Å². The lowest BCUT2D eigenvalue weighted by Gasteiger charge is -1.97. The van der Waals surface area contributed by atoms with Crippen molar-refractivity contribution in [3.8, 4) is 0 Å². The van der Waals surface area contributed by atoms with Crippen molar-refractivity contribution in [2.24, 2.45) is 0 Å². The lowest BCUT2D eigenvalue weighted by Crippen LogP contribution is -2.05. The maximum absolute atomic E-state index is 10.0. The van der Waals surface area contributed by atoms with E-state index < -0.39 is 0 Å². The van der Waals surface area contributed by atoms with Crippen molar-refractivity contribution in [2.45, 2.75) is 42.0 Å². The number of methoxy groups -OCH3 is 1. The third-order valence-corrected chi connectivity index (χ3v) is 1.10. The molecule has 106 valence electrons. The largest absolute Gasteiger partial charge is 0.466 e. The standard InChI is InChI=1S/C5H10O3.C5H10O2.2CH4/c1-5(6)8-4-3-7-2;1-3-4-7-5(2)6;;/h3-4H2,1-2H3;3-4H2,1-2H3;2*1H4. The molecule has 0 rings (SSSR count). The van der Waals surface area contributed by atoms with Crippen molar-refractivity contribution in [3.63, 3.8) is 0 Å². The summed E-state index contributed by atoms with van der Waals surface area (Å²) in [5.41, 5.74) is 0. The summed E-state index contributed by atoms with van der Waals surface area (Å²) in [4.78, 5) is 20.0. The number of hydrogen-bond donors (Lipinski definition) is 0. The molecule has 0 aliphatic rings. The minimum atomic E-state index is -0.262. The molecular weight excluding hydrogens is 224 g/mol. The Labute approximate surface area is 105 Å². The smallest absolute Gasteiger partial charge is 0.302 e.